The second-order valence-electron chi connectivity index (χ2n) is 5.02. The second-order valence-corrected chi connectivity index (χ2v) is 5.02. The molecular formula is C16H25NO4. The van der Waals surface area contributed by atoms with Crippen molar-refractivity contribution in [2.45, 2.75) is 38.1 Å². The van der Waals surface area contributed by atoms with Crippen molar-refractivity contribution in [2.75, 3.05) is 20.3 Å². The summed E-state index contributed by atoms with van der Waals surface area (Å²) in [5.74, 6) is -0.0680. The van der Waals surface area contributed by atoms with Gasteiger partial charge in [0, 0.05) is 6.61 Å². The molecule has 1 unspecified atom stereocenters. The van der Waals surface area contributed by atoms with E-state index in [2.05, 4.69) is 5.32 Å². The lowest BCUT2D eigenvalue weighted by molar-refractivity contribution is -0.145. The fourth-order valence-corrected chi connectivity index (χ4v) is 2.37. The van der Waals surface area contributed by atoms with Gasteiger partial charge >= 0.3 is 5.97 Å². The predicted octanol–water partition coefficient (Wildman–Crippen LogP) is 1.83. The molecular weight excluding hydrogens is 270 g/mol. The molecule has 5 heteroatoms. The molecule has 0 amide bonds. The third-order valence-electron chi connectivity index (χ3n) is 3.85. The molecule has 1 atom stereocenters. The maximum atomic E-state index is 11.4. The van der Waals surface area contributed by atoms with Gasteiger partial charge < -0.3 is 20.3 Å². The van der Waals surface area contributed by atoms with Crippen molar-refractivity contribution in [1.29, 1.82) is 0 Å². The second kappa shape index (κ2) is 8.64. The van der Waals surface area contributed by atoms with Crippen LogP contribution in [0.4, 0.5) is 0 Å². The summed E-state index contributed by atoms with van der Waals surface area (Å²) in [4.78, 5) is 11.4. The fourth-order valence-electron chi connectivity index (χ4n) is 2.37. The van der Waals surface area contributed by atoms with Gasteiger partial charge in [-0.1, -0.05) is 25.1 Å². The van der Waals surface area contributed by atoms with Gasteiger partial charge in [0.2, 0.25) is 0 Å². The molecule has 0 aliphatic carbocycles. The van der Waals surface area contributed by atoms with E-state index in [9.17, 15) is 9.90 Å². The lowest BCUT2D eigenvalue weighted by Crippen LogP contribution is -2.50. The monoisotopic (exact) mass is 295 g/mol. The Morgan fingerprint density at radius 3 is 2.67 bits per heavy atom. The van der Waals surface area contributed by atoms with Crippen LogP contribution in [0.15, 0.2) is 24.3 Å². The van der Waals surface area contributed by atoms with E-state index >= 15 is 0 Å². The number of ether oxygens (including phenoxy) is 1. The summed E-state index contributed by atoms with van der Waals surface area (Å²) in [5.41, 5.74) is 0.0853. The van der Waals surface area contributed by atoms with Gasteiger partial charge in [0.25, 0.3) is 0 Å². The Labute approximate surface area is 125 Å². The molecule has 1 aromatic rings. The van der Waals surface area contributed by atoms with Crippen molar-refractivity contribution < 1.29 is 19.7 Å². The van der Waals surface area contributed by atoms with Crippen LogP contribution in [0.25, 0.3) is 0 Å². The average Bonchev–Trinajstić information content (AvgIpc) is 2.49. The molecule has 1 aromatic carbocycles. The van der Waals surface area contributed by atoms with Crippen LogP contribution in [0.1, 0.15) is 31.7 Å². The molecule has 0 saturated heterocycles. The van der Waals surface area contributed by atoms with Crippen LogP contribution in [0.3, 0.4) is 0 Å². The number of carboxylic acids is 1. The summed E-state index contributed by atoms with van der Waals surface area (Å²) in [6.45, 7) is 2.40. The Hall–Kier alpha value is -1.59. The molecule has 1 rings (SSSR count). The van der Waals surface area contributed by atoms with Gasteiger partial charge in [0.1, 0.15) is 11.3 Å². The van der Waals surface area contributed by atoms with E-state index in [1.165, 1.54) is 0 Å². The highest BCUT2D eigenvalue weighted by atomic mass is 16.5. The van der Waals surface area contributed by atoms with Gasteiger partial charge in [0.15, 0.2) is 0 Å². The standard InChI is InChI=1S/C16H25NO4/c1-3-16(17-2,15(19)20)10-6-12-21-14-8-5-4-7-13(14)9-11-18/h4-5,7-8,17-18H,3,6,9-12H2,1-2H3,(H,19,20). The molecule has 0 fully saturated rings. The first-order valence-corrected chi connectivity index (χ1v) is 7.33. The number of aliphatic hydroxyl groups is 1. The van der Waals surface area contributed by atoms with E-state index < -0.39 is 11.5 Å². The normalized spacial score (nSPS) is 13.7. The van der Waals surface area contributed by atoms with Crippen molar-refractivity contribution in [2.24, 2.45) is 0 Å². The highest BCUT2D eigenvalue weighted by Gasteiger charge is 2.34. The van der Waals surface area contributed by atoms with E-state index in [1.54, 1.807) is 7.05 Å². The topological polar surface area (TPSA) is 78.8 Å². The number of para-hydroxylation sites is 1. The van der Waals surface area contributed by atoms with Crippen molar-refractivity contribution in [1.82, 2.24) is 5.32 Å². The van der Waals surface area contributed by atoms with Gasteiger partial charge in [-0.3, -0.25) is 4.79 Å². The van der Waals surface area contributed by atoms with Crippen molar-refractivity contribution in [3.63, 3.8) is 0 Å². The Kier molecular flexibility index (Phi) is 7.19. The minimum atomic E-state index is -0.881. The highest BCUT2D eigenvalue weighted by Crippen LogP contribution is 2.21. The Bertz CT molecular complexity index is 444. The summed E-state index contributed by atoms with van der Waals surface area (Å²) in [6.07, 6.45) is 2.24. The number of benzene rings is 1. The van der Waals surface area contributed by atoms with Crippen LogP contribution in [0, 0.1) is 0 Å². The van der Waals surface area contributed by atoms with E-state index in [0.717, 1.165) is 11.3 Å². The number of likely N-dealkylation sites (N-methyl/N-ethyl adjacent to an activating group) is 1. The summed E-state index contributed by atoms with van der Waals surface area (Å²) < 4.78 is 5.72. The molecule has 0 aliphatic heterocycles. The van der Waals surface area contributed by atoms with Crippen molar-refractivity contribution >= 4 is 5.97 Å². The molecule has 5 nitrogen and oxygen atoms in total. The van der Waals surface area contributed by atoms with E-state index in [1.807, 2.05) is 31.2 Å². The molecule has 0 saturated carbocycles. The first-order chi connectivity index (χ1) is 10.1. The quantitative estimate of drug-likeness (QED) is 0.574. The maximum Gasteiger partial charge on any atom is 0.323 e. The Balaban J connectivity index is 2.52. The molecule has 0 radical (unpaired) electrons. The first kappa shape index (κ1) is 17.5. The van der Waals surface area contributed by atoms with E-state index in [4.69, 9.17) is 9.84 Å². The first-order valence-electron chi connectivity index (χ1n) is 7.33. The van der Waals surface area contributed by atoms with E-state index in [0.29, 0.717) is 32.3 Å². The number of hydrogen-bond acceptors (Lipinski definition) is 4. The van der Waals surface area contributed by atoms with Crippen LogP contribution in [-0.4, -0.2) is 42.0 Å². The fraction of sp³-hybridized carbons (Fsp3) is 0.562. The minimum Gasteiger partial charge on any atom is -0.493 e. The van der Waals surface area contributed by atoms with Gasteiger partial charge in [-0.05, 0) is 44.4 Å². The average molecular weight is 295 g/mol. The number of rotatable bonds is 10. The van der Waals surface area contributed by atoms with Gasteiger partial charge in [-0.2, -0.15) is 0 Å². The molecule has 0 spiro atoms. The molecule has 118 valence electrons. The molecule has 0 bridgehead atoms. The Morgan fingerprint density at radius 1 is 1.38 bits per heavy atom. The van der Waals surface area contributed by atoms with Gasteiger partial charge in [0.05, 0.1) is 6.61 Å². The summed E-state index contributed by atoms with van der Waals surface area (Å²) >= 11 is 0. The third-order valence-corrected chi connectivity index (χ3v) is 3.85. The maximum absolute atomic E-state index is 11.4. The van der Waals surface area contributed by atoms with Crippen LogP contribution >= 0.6 is 0 Å². The van der Waals surface area contributed by atoms with Crippen LogP contribution in [-0.2, 0) is 11.2 Å². The zero-order valence-electron chi connectivity index (χ0n) is 12.8. The molecule has 0 aromatic heterocycles. The van der Waals surface area contributed by atoms with Crippen molar-refractivity contribution in [3.8, 4) is 5.75 Å². The molecule has 0 heterocycles. The molecule has 3 N–H and O–H groups in total. The van der Waals surface area contributed by atoms with Gasteiger partial charge in [-0.25, -0.2) is 0 Å². The largest absolute Gasteiger partial charge is 0.493 e. The smallest absolute Gasteiger partial charge is 0.323 e. The molecule has 0 aliphatic rings. The summed E-state index contributed by atoms with van der Waals surface area (Å²) in [5, 5.41) is 21.2. The molecule has 21 heavy (non-hydrogen) atoms. The van der Waals surface area contributed by atoms with Crippen LogP contribution in [0.2, 0.25) is 0 Å². The number of carbonyl (C=O) groups is 1. The number of nitrogens with one attached hydrogen (secondary N) is 1. The third kappa shape index (κ3) is 4.72. The van der Waals surface area contributed by atoms with Gasteiger partial charge in [-0.15, -0.1) is 0 Å². The number of hydrogen-bond donors (Lipinski definition) is 3. The number of aliphatic hydroxyl groups excluding tert-OH is 1. The zero-order chi connectivity index (χ0) is 15.7. The van der Waals surface area contributed by atoms with Crippen molar-refractivity contribution in [3.05, 3.63) is 29.8 Å². The summed E-state index contributed by atoms with van der Waals surface area (Å²) in [7, 11) is 1.68. The number of carboxylic acid groups (broad SMARTS) is 1. The summed E-state index contributed by atoms with van der Waals surface area (Å²) in [6, 6.07) is 7.59. The zero-order valence-corrected chi connectivity index (χ0v) is 12.8. The Morgan fingerprint density at radius 2 is 2.10 bits per heavy atom. The highest BCUT2D eigenvalue weighted by molar-refractivity contribution is 5.78. The predicted molar refractivity (Wildman–Crippen MR) is 81.7 cm³/mol. The lowest BCUT2D eigenvalue weighted by Gasteiger charge is -2.27. The SMILES string of the molecule is CCC(CCCOc1ccccc1CCO)(NC)C(=O)O. The van der Waals surface area contributed by atoms with Crippen LogP contribution < -0.4 is 10.1 Å². The lowest BCUT2D eigenvalue weighted by atomic mass is 9.91. The minimum absolute atomic E-state index is 0.0814. The van der Waals surface area contributed by atoms with E-state index in [-0.39, 0.29) is 6.61 Å². The van der Waals surface area contributed by atoms with Crippen LogP contribution in [0.5, 0.6) is 5.75 Å². The number of aliphatic carboxylic acids is 1.